The summed E-state index contributed by atoms with van der Waals surface area (Å²) in [6, 6.07) is 24.0. The minimum Gasteiger partial charge on any atom is -0.497 e. The van der Waals surface area contributed by atoms with Crippen LogP contribution in [0.1, 0.15) is 5.56 Å². The molecule has 28 heavy (non-hydrogen) atoms. The Kier molecular flexibility index (Phi) is 5.64. The zero-order valence-electron chi connectivity index (χ0n) is 15.2. The van der Waals surface area contributed by atoms with Gasteiger partial charge in [-0.2, -0.15) is 0 Å². The van der Waals surface area contributed by atoms with Crippen molar-refractivity contribution in [3.8, 4) is 22.8 Å². The van der Waals surface area contributed by atoms with E-state index in [4.69, 9.17) is 14.5 Å². The van der Waals surface area contributed by atoms with Crippen LogP contribution in [0.4, 0.5) is 0 Å². The monoisotopic (exact) mass is 497 g/mol. The van der Waals surface area contributed by atoms with Crippen molar-refractivity contribution < 1.29 is 9.47 Å². The topological polar surface area (TPSA) is 31.4 Å². The Morgan fingerprint density at radius 3 is 2.61 bits per heavy atom. The van der Waals surface area contributed by atoms with Gasteiger partial charge in [0, 0.05) is 19.9 Å². The first-order chi connectivity index (χ1) is 13.6. The fourth-order valence-electron chi connectivity index (χ4n) is 3.03. The van der Waals surface area contributed by atoms with Gasteiger partial charge in [0.05, 0.1) is 18.3 Å². The van der Waals surface area contributed by atoms with Gasteiger partial charge in [0.2, 0.25) is 0 Å². The molecular formula is C23H17Br2NO2. The predicted octanol–water partition coefficient (Wildman–Crippen LogP) is 7.01. The third-order valence-electron chi connectivity index (χ3n) is 4.40. The SMILES string of the molecule is COc1cccc(COc2ccccc2-c2ccc3cc(Br)cc(Br)c3n2)c1. The van der Waals surface area contributed by atoms with E-state index in [0.717, 1.165) is 48.2 Å². The van der Waals surface area contributed by atoms with Gasteiger partial charge < -0.3 is 9.47 Å². The first kappa shape index (κ1) is 19.0. The van der Waals surface area contributed by atoms with Crippen LogP contribution in [0.3, 0.4) is 0 Å². The Morgan fingerprint density at radius 2 is 1.75 bits per heavy atom. The van der Waals surface area contributed by atoms with Crippen LogP contribution in [0, 0.1) is 0 Å². The Bertz CT molecular complexity index is 1140. The van der Waals surface area contributed by atoms with Crippen molar-refractivity contribution in [2.45, 2.75) is 6.61 Å². The summed E-state index contributed by atoms with van der Waals surface area (Å²) in [5.74, 6) is 1.62. The number of hydrogen-bond acceptors (Lipinski definition) is 3. The van der Waals surface area contributed by atoms with E-state index in [1.165, 1.54) is 0 Å². The number of halogens is 2. The van der Waals surface area contributed by atoms with Crippen molar-refractivity contribution in [3.63, 3.8) is 0 Å². The zero-order chi connectivity index (χ0) is 19.5. The summed E-state index contributed by atoms with van der Waals surface area (Å²) in [7, 11) is 1.66. The Morgan fingerprint density at radius 1 is 0.893 bits per heavy atom. The van der Waals surface area contributed by atoms with Crippen LogP contribution in [0.5, 0.6) is 11.5 Å². The van der Waals surface area contributed by atoms with E-state index >= 15 is 0 Å². The molecule has 0 aliphatic carbocycles. The van der Waals surface area contributed by atoms with Crippen molar-refractivity contribution >= 4 is 42.8 Å². The average molecular weight is 499 g/mol. The van der Waals surface area contributed by atoms with Gasteiger partial charge >= 0.3 is 0 Å². The molecule has 5 heteroatoms. The van der Waals surface area contributed by atoms with E-state index in [1.54, 1.807) is 7.11 Å². The minimum atomic E-state index is 0.457. The number of para-hydroxylation sites is 1. The molecule has 4 rings (SSSR count). The molecule has 1 aromatic heterocycles. The molecule has 0 saturated carbocycles. The summed E-state index contributed by atoms with van der Waals surface area (Å²) >= 11 is 7.14. The molecule has 140 valence electrons. The number of hydrogen-bond donors (Lipinski definition) is 0. The van der Waals surface area contributed by atoms with Gasteiger partial charge in [-0.15, -0.1) is 0 Å². The molecule has 1 heterocycles. The molecular weight excluding hydrogens is 482 g/mol. The molecule has 0 aliphatic rings. The highest BCUT2D eigenvalue weighted by Gasteiger charge is 2.10. The van der Waals surface area contributed by atoms with Crippen molar-refractivity contribution in [1.29, 1.82) is 0 Å². The van der Waals surface area contributed by atoms with Crippen molar-refractivity contribution in [1.82, 2.24) is 4.98 Å². The Balaban J connectivity index is 1.67. The minimum absolute atomic E-state index is 0.457. The van der Waals surface area contributed by atoms with Gasteiger partial charge in [-0.3, -0.25) is 0 Å². The number of benzene rings is 3. The average Bonchev–Trinajstić information content (AvgIpc) is 2.72. The van der Waals surface area contributed by atoms with E-state index in [1.807, 2.05) is 60.7 Å². The first-order valence-electron chi connectivity index (χ1n) is 8.75. The van der Waals surface area contributed by atoms with Crippen LogP contribution in [-0.4, -0.2) is 12.1 Å². The maximum absolute atomic E-state index is 6.12. The number of ether oxygens (including phenoxy) is 2. The lowest BCUT2D eigenvalue weighted by atomic mass is 10.1. The van der Waals surface area contributed by atoms with Gasteiger partial charge in [0.15, 0.2) is 0 Å². The number of aromatic nitrogens is 1. The summed E-state index contributed by atoms with van der Waals surface area (Å²) in [6.45, 7) is 0.457. The molecule has 0 bridgehead atoms. The van der Waals surface area contributed by atoms with Crippen LogP contribution in [-0.2, 0) is 6.61 Å². The lowest BCUT2D eigenvalue weighted by Crippen LogP contribution is -1.98. The van der Waals surface area contributed by atoms with Crippen LogP contribution >= 0.6 is 31.9 Å². The highest BCUT2D eigenvalue weighted by atomic mass is 79.9. The fraction of sp³-hybridized carbons (Fsp3) is 0.0870. The third-order valence-corrected chi connectivity index (χ3v) is 5.46. The molecule has 0 saturated heterocycles. The van der Waals surface area contributed by atoms with Crippen molar-refractivity contribution in [2.75, 3.05) is 7.11 Å². The molecule has 0 fully saturated rings. The smallest absolute Gasteiger partial charge is 0.129 e. The second-order valence-corrected chi connectivity index (χ2v) is 8.06. The molecule has 4 aromatic rings. The number of fused-ring (bicyclic) bond motifs is 1. The second-order valence-electron chi connectivity index (χ2n) is 6.29. The zero-order valence-corrected chi connectivity index (χ0v) is 18.3. The van der Waals surface area contributed by atoms with Gasteiger partial charge in [-0.05, 0) is 64.0 Å². The number of rotatable bonds is 5. The largest absolute Gasteiger partial charge is 0.497 e. The highest BCUT2D eigenvalue weighted by Crippen LogP contribution is 2.33. The summed E-state index contributed by atoms with van der Waals surface area (Å²) < 4.78 is 13.4. The summed E-state index contributed by atoms with van der Waals surface area (Å²) in [5.41, 5.74) is 3.80. The second kappa shape index (κ2) is 8.33. The van der Waals surface area contributed by atoms with Crippen LogP contribution in [0.25, 0.3) is 22.2 Å². The Hall–Kier alpha value is -2.37. The number of methoxy groups -OCH3 is 1. The molecule has 0 radical (unpaired) electrons. The van der Waals surface area contributed by atoms with E-state index < -0.39 is 0 Å². The standard InChI is InChI=1S/C23H17Br2NO2/c1-27-18-6-4-5-15(11-18)14-28-22-8-3-2-7-19(22)21-10-9-16-12-17(24)13-20(25)23(16)26-21/h2-13H,14H2,1H3. The molecule has 0 atom stereocenters. The van der Waals surface area contributed by atoms with Crippen LogP contribution < -0.4 is 9.47 Å². The number of pyridine rings is 1. The van der Waals surface area contributed by atoms with Gasteiger partial charge in [0.1, 0.15) is 18.1 Å². The van der Waals surface area contributed by atoms with Gasteiger partial charge in [-0.25, -0.2) is 4.98 Å². The normalized spacial score (nSPS) is 10.8. The first-order valence-corrected chi connectivity index (χ1v) is 10.3. The lowest BCUT2D eigenvalue weighted by Gasteiger charge is -2.13. The van der Waals surface area contributed by atoms with Gasteiger partial charge in [0.25, 0.3) is 0 Å². The van der Waals surface area contributed by atoms with Crippen LogP contribution in [0.2, 0.25) is 0 Å². The maximum atomic E-state index is 6.12. The van der Waals surface area contributed by atoms with E-state index in [2.05, 4.69) is 44.0 Å². The third kappa shape index (κ3) is 4.05. The molecule has 0 N–H and O–H groups in total. The highest BCUT2D eigenvalue weighted by molar-refractivity contribution is 9.11. The predicted molar refractivity (Wildman–Crippen MR) is 120 cm³/mol. The molecule has 3 aromatic carbocycles. The summed E-state index contributed by atoms with van der Waals surface area (Å²) in [4.78, 5) is 4.86. The van der Waals surface area contributed by atoms with E-state index in [0.29, 0.717) is 6.61 Å². The van der Waals surface area contributed by atoms with Gasteiger partial charge in [-0.1, -0.05) is 46.3 Å². The fourth-order valence-corrected chi connectivity index (χ4v) is 4.38. The lowest BCUT2D eigenvalue weighted by molar-refractivity contribution is 0.306. The van der Waals surface area contributed by atoms with Crippen molar-refractivity contribution in [2.24, 2.45) is 0 Å². The van der Waals surface area contributed by atoms with Crippen LogP contribution in [0.15, 0.2) is 81.7 Å². The molecule has 0 amide bonds. The molecule has 0 unspecified atom stereocenters. The summed E-state index contributed by atoms with van der Waals surface area (Å²) in [5, 5.41) is 1.07. The number of nitrogens with zero attached hydrogens (tertiary/aromatic N) is 1. The van der Waals surface area contributed by atoms with E-state index in [-0.39, 0.29) is 0 Å². The molecule has 0 aliphatic heterocycles. The molecule has 0 spiro atoms. The molecule has 3 nitrogen and oxygen atoms in total. The van der Waals surface area contributed by atoms with E-state index in [9.17, 15) is 0 Å². The maximum Gasteiger partial charge on any atom is 0.129 e. The van der Waals surface area contributed by atoms with Crippen molar-refractivity contribution in [3.05, 3.63) is 87.3 Å². The Labute approximate surface area is 180 Å². The summed E-state index contributed by atoms with van der Waals surface area (Å²) in [6.07, 6.45) is 0. The quantitative estimate of drug-likeness (QED) is 0.296.